The smallest absolute Gasteiger partial charge is 0.259 e. The van der Waals surface area contributed by atoms with Crippen LogP contribution < -0.4 is 5.73 Å². The highest BCUT2D eigenvalue weighted by molar-refractivity contribution is 7.09. The zero-order chi connectivity index (χ0) is 13.2. The topological polar surface area (TPSA) is 90.7 Å². The number of thiazole rings is 1. The van der Waals surface area contributed by atoms with Crippen LogP contribution in [0.3, 0.4) is 0 Å². The normalized spacial score (nSPS) is 10.8. The van der Waals surface area contributed by atoms with E-state index in [1.54, 1.807) is 29.7 Å². The quantitative estimate of drug-likeness (QED) is 0.785. The molecule has 0 aromatic carbocycles. The molecule has 0 aliphatic rings. The second-order valence-electron chi connectivity index (χ2n) is 4.05. The molecule has 6 nitrogen and oxygen atoms in total. The van der Waals surface area contributed by atoms with E-state index >= 15 is 0 Å². The SMILES string of the molecule is Cc1csc(Cc2noc(-c3ccc(N)nc3)n2)n1. The molecule has 0 saturated carbocycles. The van der Waals surface area contributed by atoms with Crippen molar-refractivity contribution in [2.24, 2.45) is 0 Å². The van der Waals surface area contributed by atoms with Crippen molar-refractivity contribution in [1.29, 1.82) is 0 Å². The summed E-state index contributed by atoms with van der Waals surface area (Å²) < 4.78 is 5.20. The number of nitrogens with zero attached hydrogens (tertiary/aromatic N) is 4. The molecule has 0 saturated heterocycles. The molecule has 3 heterocycles. The molecule has 0 unspecified atom stereocenters. The van der Waals surface area contributed by atoms with Gasteiger partial charge in [0.25, 0.3) is 5.89 Å². The summed E-state index contributed by atoms with van der Waals surface area (Å²) in [4.78, 5) is 12.7. The highest BCUT2D eigenvalue weighted by Crippen LogP contribution is 2.18. The fourth-order valence-electron chi connectivity index (χ4n) is 1.59. The molecule has 19 heavy (non-hydrogen) atoms. The largest absolute Gasteiger partial charge is 0.384 e. The van der Waals surface area contributed by atoms with E-state index in [1.165, 1.54) is 0 Å². The van der Waals surface area contributed by atoms with Crippen molar-refractivity contribution in [2.45, 2.75) is 13.3 Å². The highest BCUT2D eigenvalue weighted by atomic mass is 32.1. The first-order chi connectivity index (χ1) is 9.20. The van der Waals surface area contributed by atoms with Crippen molar-refractivity contribution in [3.63, 3.8) is 0 Å². The lowest BCUT2D eigenvalue weighted by Gasteiger charge is -1.93. The molecule has 0 amide bonds. The average molecular weight is 273 g/mol. The van der Waals surface area contributed by atoms with Crippen LogP contribution in [-0.2, 0) is 6.42 Å². The molecule has 3 aromatic rings. The molecule has 0 atom stereocenters. The Kier molecular flexibility index (Phi) is 2.96. The third kappa shape index (κ3) is 2.60. The van der Waals surface area contributed by atoms with E-state index in [0.29, 0.717) is 24.0 Å². The minimum absolute atomic E-state index is 0.441. The van der Waals surface area contributed by atoms with Gasteiger partial charge in [0.05, 0.1) is 12.0 Å². The maximum absolute atomic E-state index is 5.53. The molecule has 0 spiro atoms. The molecule has 96 valence electrons. The standard InChI is InChI=1S/C12H11N5OS/c1-7-6-19-11(15-7)4-10-16-12(18-17-10)8-2-3-9(13)14-5-8/h2-3,5-6H,4H2,1H3,(H2,13,14). The van der Waals surface area contributed by atoms with Crippen molar-refractivity contribution in [3.8, 4) is 11.5 Å². The first-order valence-corrected chi connectivity index (χ1v) is 6.54. The number of nitrogens with two attached hydrogens (primary N) is 1. The maximum Gasteiger partial charge on any atom is 0.259 e. The van der Waals surface area contributed by atoms with Crippen LogP contribution in [0.2, 0.25) is 0 Å². The summed E-state index contributed by atoms with van der Waals surface area (Å²) in [5, 5.41) is 6.91. The van der Waals surface area contributed by atoms with Crippen molar-refractivity contribution in [3.05, 3.63) is 40.2 Å². The first kappa shape index (κ1) is 11.8. The molecule has 0 aliphatic heterocycles. The van der Waals surface area contributed by atoms with Crippen LogP contribution in [0.25, 0.3) is 11.5 Å². The zero-order valence-electron chi connectivity index (χ0n) is 10.2. The Bertz CT molecular complexity index is 688. The summed E-state index contributed by atoms with van der Waals surface area (Å²) in [6.07, 6.45) is 2.19. The van der Waals surface area contributed by atoms with E-state index in [2.05, 4.69) is 20.1 Å². The van der Waals surface area contributed by atoms with E-state index < -0.39 is 0 Å². The van der Waals surface area contributed by atoms with Gasteiger partial charge in [-0.15, -0.1) is 11.3 Å². The van der Waals surface area contributed by atoms with Gasteiger partial charge in [0.2, 0.25) is 0 Å². The summed E-state index contributed by atoms with van der Waals surface area (Å²) in [6.45, 7) is 1.96. The van der Waals surface area contributed by atoms with Gasteiger partial charge in [-0.2, -0.15) is 4.98 Å². The van der Waals surface area contributed by atoms with E-state index in [9.17, 15) is 0 Å². The molecule has 0 bridgehead atoms. The summed E-state index contributed by atoms with van der Waals surface area (Å²) in [5.41, 5.74) is 7.29. The number of aryl methyl sites for hydroxylation is 1. The highest BCUT2D eigenvalue weighted by Gasteiger charge is 2.11. The number of hydrogen-bond donors (Lipinski definition) is 1. The van der Waals surface area contributed by atoms with Crippen LogP contribution in [-0.4, -0.2) is 20.1 Å². The third-order valence-electron chi connectivity index (χ3n) is 2.48. The Morgan fingerprint density at radius 3 is 2.89 bits per heavy atom. The number of anilines is 1. The number of rotatable bonds is 3. The fourth-order valence-corrected chi connectivity index (χ4v) is 2.36. The van der Waals surface area contributed by atoms with Crippen molar-refractivity contribution >= 4 is 17.2 Å². The summed E-state index contributed by atoms with van der Waals surface area (Å²) >= 11 is 1.59. The Hall–Kier alpha value is -2.28. The van der Waals surface area contributed by atoms with Crippen LogP contribution in [0, 0.1) is 6.92 Å². The third-order valence-corrected chi connectivity index (χ3v) is 3.44. The monoisotopic (exact) mass is 273 g/mol. The predicted octanol–water partition coefficient (Wildman–Crippen LogP) is 2.07. The molecule has 3 rings (SSSR count). The van der Waals surface area contributed by atoms with Gasteiger partial charge in [0.15, 0.2) is 5.82 Å². The molecular formula is C12H11N5OS. The minimum atomic E-state index is 0.441. The van der Waals surface area contributed by atoms with E-state index in [0.717, 1.165) is 16.3 Å². The lowest BCUT2D eigenvalue weighted by molar-refractivity contribution is 0.423. The molecule has 3 aromatic heterocycles. The lowest BCUT2D eigenvalue weighted by atomic mass is 10.3. The number of pyridine rings is 1. The Morgan fingerprint density at radius 2 is 2.21 bits per heavy atom. The van der Waals surface area contributed by atoms with Crippen molar-refractivity contribution in [2.75, 3.05) is 5.73 Å². The lowest BCUT2D eigenvalue weighted by Crippen LogP contribution is -1.91. The molecule has 2 N–H and O–H groups in total. The summed E-state index contributed by atoms with van der Waals surface area (Å²) in [5.74, 6) is 1.51. The zero-order valence-corrected chi connectivity index (χ0v) is 11.0. The van der Waals surface area contributed by atoms with Crippen LogP contribution in [0.15, 0.2) is 28.2 Å². The summed E-state index contributed by atoms with van der Waals surface area (Å²) in [6, 6.07) is 3.50. The molecule has 0 fully saturated rings. The summed E-state index contributed by atoms with van der Waals surface area (Å²) in [7, 11) is 0. The Labute approximate surface area is 113 Å². The maximum atomic E-state index is 5.53. The molecular weight excluding hydrogens is 262 g/mol. The van der Waals surface area contributed by atoms with Gasteiger partial charge in [-0.05, 0) is 19.1 Å². The Morgan fingerprint density at radius 1 is 1.32 bits per heavy atom. The van der Waals surface area contributed by atoms with Gasteiger partial charge in [0.1, 0.15) is 10.8 Å². The molecule has 7 heteroatoms. The van der Waals surface area contributed by atoms with E-state index in [4.69, 9.17) is 10.3 Å². The van der Waals surface area contributed by atoms with Gasteiger partial charge < -0.3 is 10.3 Å². The predicted molar refractivity (Wildman–Crippen MR) is 71.6 cm³/mol. The van der Waals surface area contributed by atoms with Gasteiger partial charge >= 0.3 is 0 Å². The number of hydrogen-bond acceptors (Lipinski definition) is 7. The van der Waals surface area contributed by atoms with Gasteiger partial charge in [0, 0.05) is 17.3 Å². The van der Waals surface area contributed by atoms with Crippen LogP contribution >= 0.6 is 11.3 Å². The van der Waals surface area contributed by atoms with Gasteiger partial charge in [-0.25, -0.2) is 9.97 Å². The van der Waals surface area contributed by atoms with Crippen LogP contribution in [0.5, 0.6) is 0 Å². The van der Waals surface area contributed by atoms with Gasteiger partial charge in [-0.1, -0.05) is 5.16 Å². The number of aromatic nitrogens is 4. The Balaban J connectivity index is 1.81. The van der Waals surface area contributed by atoms with Crippen molar-refractivity contribution in [1.82, 2.24) is 20.1 Å². The van der Waals surface area contributed by atoms with E-state index in [-0.39, 0.29) is 0 Å². The van der Waals surface area contributed by atoms with Crippen LogP contribution in [0.1, 0.15) is 16.5 Å². The molecule has 0 radical (unpaired) electrons. The van der Waals surface area contributed by atoms with Crippen molar-refractivity contribution < 1.29 is 4.52 Å². The second kappa shape index (κ2) is 4.77. The van der Waals surface area contributed by atoms with Crippen LogP contribution in [0.4, 0.5) is 5.82 Å². The van der Waals surface area contributed by atoms with Gasteiger partial charge in [-0.3, -0.25) is 0 Å². The fraction of sp³-hybridized carbons (Fsp3) is 0.167. The van der Waals surface area contributed by atoms with E-state index in [1.807, 2.05) is 12.3 Å². The second-order valence-corrected chi connectivity index (χ2v) is 4.99. The first-order valence-electron chi connectivity index (χ1n) is 5.66. The number of nitrogen functional groups attached to an aromatic ring is 1. The molecule has 0 aliphatic carbocycles. The minimum Gasteiger partial charge on any atom is -0.384 e. The average Bonchev–Trinajstić information content (AvgIpc) is 3.00.